The number of benzene rings is 2. The minimum Gasteiger partial charge on any atom is -0.348 e. The number of anilines is 1. The third kappa shape index (κ3) is 5.19. The number of halogens is 3. The van der Waals surface area contributed by atoms with Crippen LogP contribution in [0.4, 0.5) is 18.9 Å². The summed E-state index contributed by atoms with van der Waals surface area (Å²) in [6.07, 6.45) is -1.32. The van der Waals surface area contributed by atoms with Crippen LogP contribution in [0, 0.1) is 0 Å². The molecule has 0 aliphatic rings. The van der Waals surface area contributed by atoms with E-state index in [-0.39, 0.29) is 17.2 Å². The Kier molecular flexibility index (Phi) is 5.92. The summed E-state index contributed by atoms with van der Waals surface area (Å²) in [5.74, 6) is -1.05. The Bertz CT molecular complexity index is 1000. The molecule has 0 aliphatic carbocycles. The molecule has 148 valence electrons. The molecular weight excluding hydrogens is 383 g/mol. The first kappa shape index (κ1) is 20.1. The van der Waals surface area contributed by atoms with E-state index in [2.05, 4.69) is 15.6 Å². The van der Waals surface area contributed by atoms with Crippen LogP contribution in [0.5, 0.6) is 0 Å². The minimum absolute atomic E-state index is 0.130. The molecule has 0 bridgehead atoms. The molecule has 8 heteroatoms. The highest BCUT2D eigenvalue weighted by Gasteiger charge is 2.33. The molecule has 1 aromatic heterocycles. The zero-order valence-corrected chi connectivity index (χ0v) is 15.0. The van der Waals surface area contributed by atoms with Gasteiger partial charge in [0.05, 0.1) is 11.3 Å². The van der Waals surface area contributed by atoms with E-state index in [0.29, 0.717) is 12.1 Å². The number of alkyl halides is 3. The first-order valence-electron chi connectivity index (χ1n) is 8.59. The molecule has 2 amide bonds. The van der Waals surface area contributed by atoms with Crippen LogP contribution in [0.3, 0.4) is 0 Å². The second kappa shape index (κ2) is 8.55. The van der Waals surface area contributed by atoms with Crippen LogP contribution < -0.4 is 10.6 Å². The van der Waals surface area contributed by atoms with Gasteiger partial charge in [0.1, 0.15) is 0 Å². The molecule has 0 atom stereocenters. The van der Waals surface area contributed by atoms with Crippen LogP contribution in [-0.2, 0) is 12.7 Å². The number of rotatable bonds is 5. The predicted octanol–water partition coefficient (Wildman–Crippen LogP) is 4.28. The third-order valence-corrected chi connectivity index (χ3v) is 4.07. The van der Waals surface area contributed by atoms with Crippen LogP contribution in [0.2, 0.25) is 0 Å². The smallest absolute Gasteiger partial charge is 0.348 e. The number of hydrogen-bond donors (Lipinski definition) is 2. The largest absolute Gasteiger partial charge is 0.418 e. The Morgan fingerprint density at radius 2 is 1.52 bits per heavy atom. The number of carbonyl (C=O) groups is 2. The molecule has 5 nitrogen and oxygen atoms in total. The van der Waals surface area contributed by atoms with E-state index in [1.165, 1.54) is 42.5 Å². The van der Waals surface area contributed by atoms with Crippen LogP contribution in [-0.4, -0.2) is 16.8 Å². The van der Waals surface area contributed by atoms with Crippen molar-refractivity contribution in [3.05, 3.63) is 95.3 Å². The van der Waals surface area contributed by atoms with Crippen molar-refractivity contribution in [2.45, 2.75) is 12.7 Å². The fraction of sp³-hybridized carbons (Fsp3) is 0.0952. The van der Waals surface area contributed by atoms with Crippen LogP contribution in [0.15, 0.2) is 73.1 Å². The molecular formula is C21H16F3N3O2. The number of amides is 2. The molecule has 3 rings (SSSR count). The average molecular weight is 399 g/mol. The highest BCUT2D eigenvalue weighted by molar-refractivity contribution is 6.05. The lowest BCUT2D eigenvalue weighted by molar-refractivity contribution is -0.136. The summed E-state index contributed by atoms with van der Waals surface area (Å²) in [6.45, 7) is 0.295. The molecule has 0 aliphatic heterocycles. The second-order valence-corrected chi connectivity index (χ2v) is 6.12. The van der Waals surface area contributed by atoms with Crippen molar-refractivity contribution in [3.63, 3.8) is 0 Å². The molecule has 3 aromatic rings. The molecule has 0 spiro atoms. The SMILES string of the molecule is O=C(NCc1cccnc1)c1ccc(C(=O)Nc2ccccc2C(F)(F)F)cc1. The third-order valence-electron chi connectivity index (χ3n) is 4.07. The van der Waals surface area contributed by atoms with Gasteiger partial charge in [-0.1, -0.05) is 18.2 Å². The average Bonchev–Trinajstić information content (AvgIpc) is 2.72. The highest BCUT2D eigenvalue weighted by atomic mass is 19.4. The van der Waals surface area contributed by atoms with E-state index in [4.69, 9.17) is 0 Å². The maximum absolute atomic E-state index is 13.0. The molecule has 0 radical (unpaired) electrons. The van der Waals surface area contributed by atoms with Gasteiger partial charge in [0.25, 0.3) is 11.8 Å². The van der Waals surface area contributed by atoms with E-state index in [9.17, 15) is 22.8 Å². The van der Waals surface area contributed by atoms with Gasteiger partial charge in [0.15, 0.2) is 0 Å². The van der Waals surface area contributed by atoms with Gasteiger partial charge in [-0.25, -0.2) is 0 Å². The molecule has 2 N–H and O–H groups in total. The van der Waals surface area contributed by atoms with E-state index in [1.807, 2.05) is 6.07 Å². The fourth-order valence-electron chi connectivity index (χ4n) is 2.59. The second-order valence-electron chi connectivity index (χ2n) is 6.12. The maximum Gasteiger partial charge on any atom is 0.418 e. The standard InChI is InChI=1S/C21H16F3N3O2/c22-21(23,24)17-5-1-2-6-18(17)27-20(29)16-9-7-15(8-10-16)19(28)26-13-14-4-3-11-25-12-14/h1-12H,13H2,(H,26,28)(H,27,29). The fourth-order valence-corrected chi connectivity index (χ4v) is 2.59. The summed E-state index contributed by atoms with van der Waals surface area (Å²) in [5, 5.41) is 4.99. The van der Waals surface area contributed by atoms with Crippen LogP contribution in [0.25, 0.3) is 0 Å². The molecule has 0 saturated heterocycles. The Morgan fingerprint density at radius 3 is 2.14 bits per heavy atom. The summed E-state index contributed by atoms with van der Waals surface area (Å²) < 4.78 is 39.1. The monoisotopic (exact) mass is 399 g/mol. The molecule has 0 saturated carbocycles. The lowest BCUT2D eigenvalue weighted by Gasteiger charge is -2.13. The molecule has 29 heavy (non-hydrogen) atoms. The zero-order chi connectivity index (χ0) is 20.9. The Labute approximate surface area is 164 Å². The van der Waals surface area contributed by atoms with Gasteiger partial charge in [0, 0.05) is 30.1 Å². The van der Waals surface area contributed by atoms with Gasteiger partial charge in [-0.15, -0.1) is 0 Å². The van der Waals surface area contributed by atoms with Crippen molar-refractivity contribution in [2.24, 2.45) is 0 Å². The number of nitrogens with zero attached hydrogens (tertiary/aromatic N) is 1. The van der Waals surface area contributed by atoms with Gasteiger partial charge in [0.2, 0.25) is 0 Å². The number of para-hydroxylation sites is 1. The maximum atomic E-state index is 13.0. The number of nitrogens with one attached hydrogen (secondary N) is 2. The summed E-state index contributed by atoms with van der Waals surface area (Å²) >= 11 is 0. The van der Waals surface area contributed by atoms with Gasteiger partial charge in [-0.05, 0) is 48.0 Å². The van der Waals surface area contributed by atoms with Crippen molar-refractivity contribution in [1.82, 2.24) is 10.3 Å². The van der Waals surface area contributed by atoms with Crippen molar-refractivity contribution in [2.75, 3.05) is 5.32 Å². The number of carbonyl (C=O) groups excluding carboxylic acids is 2. The molecule has 0 fully saturated rings. The van der Waals surface area contributed by atoms with Gasteiger partial charge < -0.3 is 10.6 Å². The predicted molar refractivity (Wildman–Crippen MR) is 101 cm³/mol. The quantitative estimate of drug-likeness (QED) is 0.673. The van der Waals surface area contributed by atoms with Gasteiger partial charge >= 0.3 is 6.18 Å². The van der Waals surface area contributed by atoms with Gasteiger partial charge in [-0.2, -0.15) is 13.2 Å². The van der Waals surface area contributed by atoms with Crippen molar-refractivity contribution >= 4 is 17.5 Å². The van der Waals surface area contributed by atoms with E-state index >= 15 is 0 Å². The number of hydrogen-bond acceptors (Lipinski definition) is 3. The van der Waals surface area contributed by atoms with Crippen LogP contribution in [0.1, 0.15) is 31.8 Å². The first-order valence-corrected chi connectivity index (χ1v) is 8.59. The lowest BCUT2D eigenvalue weighted by Crippen LogP contribution is -2.23. The van der Waals surface area contributed by atoms with E-state index in [0.717, 1.165) is 11.6 Å². The summed E-state index contributed by atoms with van der Waals surface area (Å²) in [6, 6.07) is 13.9. The van der Waals surface area contributed by atoms with Crippen molar-refractivity contribution in [1.29, 1.82) is 0 Å². The normalized spacial score (nSPS) is 11.0. The zero-order valence-electron chi connectivity index (χ0n) is 15.0. The Balaban J connectivity index is 1.66. The van der Waals surface area contributed by atoms with Crippen LogP contribution >= 0.6 is 0 Å². The van der Waals surface area contributed by atoms with E-state index < -0.39 is 17.6 Å². The number of pyridine rings is 1. The minimum atomic E-state index is -4.58. The van der Waals surface area contributed by atoms with Gasteiger partial charge in [-0.3, -0.25) is 14.6 Å². The Hall–Kier alpha value is -3.68. The van der Waals surface area contributed by atoms with Crippen molar-refractivity contribution < 1.29 is 22.8 Å². The lowest BCUT2D eigenvalue weighted by atomic mass is 10.1. The molecule has 2 aromatic carbocycles. The molecule has 1 heterocycles. The highest BCUT2D eigenvalue weighted by Crippen LogP contribution is 2.34. The van der Waals surface area contributed by atoms with E-state index in [1.54, 1.807) is 18.5 Å². The van der Waals surface area contributed by atoms with Crippen molar-refractivity contribution in [3.8, 4) is 0 Å². The molecule has 0 unspecified atom stereocenters. The topological polar surface area (TPSA) is 71.1 Å². The first-order chi connectivity index (χ1) is 13.8. The number of aromatic nitrogens is 1. The summed E-state index contributed by atoms with van der Waals surface area (Å²) in [7, 11) is 0. The Morgan fingerprint density at radius 1 is 0.862 bits per heavy atom. The summed E-state index contributed by atoms with van der Waals surface area (Å²) in [4.78, 5) is 28.4. The summed E-state index contributed by atoms with van der Waals surface area (Å²) in [5.41, 5.74) is 0.0233.